The Balaban J connectivity index is 2.51. The van der Waals surface area contributed by atoms with E-state index in [0.29, 0.717) is 24.1 Å². The van der Waals surface area contributed by atoms with Crippen molar-refractivity contribution in [3.05, 3.63) is 35.4 Å². The van der Waals surface area contributed by atoms with Gasteiger partial charge in [0.25, 0.3) is 5.91 Å². The van der Waals surface area contributed by atoms with Crippen molar-refractivity contribution in [2.75, 3.05) is 19.6 Å². The molecule has 18 heavy (non-hydrogen) atoms. The summed E-state index contributed by atoms with van der Waals surface area (Å²) >= 11 is 0. The first-order valence-corrected chi connectivity index (χ1v) is 6.31. The monoisotopic (exact) mass is 248 g/mol. The van der Waals surface area contributed by atoms with Crippen molar-refractivity contribution in [1.82, 2.24) is 10.6 Å². The van der Waals surface area contributed by atoms with Crippen LogP contribution in [0, 0.1) is 0 Å². The number of nitrogens with one attached hydrogen (secondary N) is 2. The van der Waals surface area contributed by atoms with E-state index in [1.807, 2.05) is 13.8 Å². The van der Waals surface area contributed by atoms with Crippen LogP contribution in [0.15, 0.2) is 24.3 Å². The number of ketones is 1. The van der Waals surface area contributed by atoms with E-state index in [0.717, 1.165) is 13.1 Å². The van der Waals surface area contributed by atoms with Crippen LogP contribution in [0.2, 0.25) is 0 Å². The number of hydrogen-bond acceptors (Lipinski definition) is 3. The van der Waals surface area contributed by atoms with E-state index in [1.165, 1.54) is 0 Å². The summed E-state index contributed by atoms with van der Waals surface area (Å²) in [6.45, 7) is 6.09. The minimum absolute atomic E-state index is 0.0918. The van der Waals surface area contributed by atoms with Gasteiger partial charge in [-0.3, -0.25) is 9.59 Å². The molecule has 0 saturated heterocycles. The van der Waals surface area contributed by atoms with Gasteiger partial charge in [0.2, 0.25) is 0 Å². The molecule has 0 spiro atoms. The van der Waals surface area contributed by atoms with Crippen LogP contribution in [0.25, 0.3) is 0 Å². The molecule has 0 aliphatic heterocycles. The van der Waals surface area contributed by atoms with Gasteiger partial charge in [-0.05, 0) is 18.7 Å². The van der Waals surface area contributed by atoms with Gasteiger partial charge in [0.05, 0.1) is 0 Å². The third-order valence-corrected chi connectivity index (χ3v) is 2.63. The molecule has 0 heterocycles. The highest BCUT2D eigenvalue weighted by Crippen LogP contribution is 2.06. The van der Waals surface area contributed by atoms with Crippen molar-refractivity contribution < 1.29 is 9.59 Å². The fraction of sp³-hybridized carbons (Fsp3) is 0.429. The molecule has 0 saturated carbocycles. The average Bonchev–Trinajstić information content (AvgIpc) is 2.42. The van der Waals surface area contributed by atoms with Gasteiger partial charge >= 0.3 is 0 Å². The summed E-state index contributed by atoms with van der Waals surface area (Å²) in [5, 5.41) is 5.94. The number of carbonyl (C=O) groups excluding carboxylic acids is 2. The Hall–Kier alpha value is -1.68. The Bertz CT molecular complexity index is 399. The van der Waals surface area contributed by atoms with E-state index in [9.17, 15) is 9.59 Å². The first-order valence-electron chi connectivity index (χ1n) is 6.31. The van der Waals surface area contributed by atoms with Gasteiger partial charge < -0.3 is 10.6 Å². The van der Waals surface area contributed by atoms with Gasteiger partial charge in [0.1, 0.15) is 0 Å². The molecule has 0 aliphatic rings. The van der Waals surface area contributed by atoms with Crippen molar-refractivity contribution in [1.29, 1.82) is 0 Å². The number of hydrogen-bond donors (Lipinski definition) is 2. The van der Waals surface area contributed by atoms with Gasteiger partial charge in [-0.2, -0.15) is 0 Å². The molecule has 2 N–H and O–H groups in total. The second-order valence-electron chi connectivity index (χ2n) is 3.96. The van der Waals surface area contributed by atoms with Crippen LogP contribution in [-0.2, 0) is 0 Å². The molecule has 0 aromatic heterocycles. The maximum absolute atomic E-state index is 11.7. The average molecular weight is 248 g/mol. The molecule has 0 radical (unpaired) electrons. The van der Waals surface area contributed by atoms with Crippen molar-refractivity contribution in [2.24, 2.45) is 0 Å². The van der Waals surface area contributed by atoms with Crippen LogP contribution >= 0.6 is 0 Å². The molecule has 0 atom stereocenters. The summed E-state index contributed by atoms with van der Waals surface area (Å²) in [5.41, 5.74) is 1.24. The number of amides is 1. The lowest BCUT2D eigenvalue weighted by molar-refractivity contribution is 0.0950. The summed E-state index contributed by atoms with van der Waals surface area (Å²) < 4.78 is 0. The number of benzene rings is 1. The molecule has 0 aliphatic carbocycles. The summed E-state index contributed by atoms with van der Waals surface area (Å²) in [6.07, 6.45) is 0.480. The molecule has 1 aromatic rings. The van der Waals surface area contributed by atoms with Crippen LogP contribution in [0.3, 0.4) is 0 Å². The van der Waals surface area contributed by atoms with Crippen LogP contribution in [0.1, 0.15) is 41.0 Å². The molecule has 4 heteroatoms. The van der Waals surface area contributed by atoms with Crippen LogP contribution in [-0.4, -0.2) is 31.3 Å². The van der Waals surface area contributed by atoms with Crippen molar-refractivity contribution >= 4 is 11.7 Å². The van der Waals surface area contributed by atoms with Gasteiger partial charge in [-0.1, -0.05) is 26.0 Å². The first kappa shape index (κ1) is 14.4. The lowest BCUT2D eigenvalue weighted by Crippen LogP contribution is -2.31. The lowest BCUT2D eigenvalue weighted by Gasteiger charge is -2.06. The molecule has 0 unspecified atom stereocenters. The predicted octanol–water partition coefficient (Wildman–Crippen LogP) is 1.62. The standard InChI is InChI=1S/C14H20N2O2/c1-3-13(17)11-5-7-12(8-6-11)14(18)16-10-9-15-4-2/h5-8,15H,3-4,9-10H2,1-2H3,(H,16,18). The summed E-state index contributed by atoms with van der Waals surface area (Å²) in [6, 6.07) is 6.77. The quantitative estimate of drug-likeness (QED) is 0.569. The summed E-state index contributed by atoms with van der Waals surface area (Å²) in [7, 11) is 0. The number of rotatable bonds is 7. The number of likely N-dealkylation sites (N-methyl/N-ethyl adjacent to an activating group) is 1. The Labute approximate surface area is 108 Å². The van der Waals surface area contributed by atoms with E-state index >= 15 is 0 Å². The zero-order chi connectivity index (χ0) is 13.4. The first-order chi connectivity index (χ1) is 8.69. The molecular weight excluding hydrogens is 228 g/mol. The second kappa shape index (κ2) is 7.61. The maximum Gasteiger partial charge on any atom is 0.251 e. The minimum Gasteiger partial charge on any atom is -0.351 e. The lowest BCUT2D eigenvalue weighted by atomic mass is 10.1. The Morgan fingerprint density at radius 2 is 1.61 bits per heavy atom. The SMILES string of the molecule is CCNCCNC(=O)c1ccc(C(=O)CC)cc1. The van der Waals surface area contributed by atoms with Crippen LogP contribution in [0.4, 0.5) is 0 Å². The van der Waals surface area contributed by atoms with E-state index in [2.05, 4.69) is 10.6 Å². The molecule has 1 rings (SSSR count). The van der Waals surface area contributed by atoms with Crippen LogP contribution < -0.4 is 10.6 Å². The molecule has 0 fully saturated rings. The normalized spacial score (nSPS) is 10.1. The summed E-state index contributed by atoms with van der Waals surface area (Å²) in [4.78, 5) is 23.2. The highest BCUT2D eigenvalue weighted by molar-refractivity contribution is 5.98. The van der Waals surface area contributed by atoms with Gasteiger partial charge in [-0.25, -0.2) is 0 Å². The number of carbonyl (C=O) groups is 2. The fourth-order valence-electron chi connectivity index (χ4n) is 1.55. The van der Waals surface area contributed by atoms with Gasteiger partial charge in [0.15, 0.2) is 5.78 Å². The zero-order valence-corrected chi connectivity index (χ0v) is 11.0. The van der Waals surface area contributed by atoms with E-state index in [1.54, 1.807) is 24.3 Å². The highest BCUT2D eigenvalue weighted by atomic mass is 16.1. The van der Waals surface area contributed by atoms with Crippen molar-refractivity contribution in [3.63, 3.8) is 0 Å². The minimum atomic E-state index is -0.108. The number of Topliss-reactive ketones (excluding diaryl/α,β-unsaturated/α-hetero) is 1. The second-order valence-corrected chi connectivity index (χ2v) is 3.96. The Morgan fingerprint density at radius 1 is 1.00 bits per heavy atom. The smallest absolute Gasteiger partial charge is 0.251 e. The highest BCUT2D eigenvalue weighted by Gasteiger charge is 2.06. The molecular formula is C14H20N2O2. The van der Waals surface area contributed by atoms with Gasteiger partial charge in [0, 0.05) is 30.6 Å². The topological polar surface area (TPSA) is 58.2 Å². The molecule has 0 bridgehead atoms. The maximum atomic E-state index is 11.7. The third kappa shape index (κ3) is 4.30. The fourth-order valence-corrected chi connectivity index (χ4v) is 1.55. The van der Waals surface area contributed by atoms with E-state index in [-0.39, 0.29) is 11.7 Å². The van der Waals surface area contributed by atoms with E-state index < -0.39 is 0 Å². The van der Waals surface area contributed by atoms with Crippen LogP contribution in [0.5, 0.6) is 0 Å². The molecule has 1 aromatic carbocycles. The zero-order valence-electron chi connectivity index (χ0n) is 11.0. The van der Waals surface area contributed by atoms with Gasteiger partial charge in [-0.15, -0.1) is 0 Å². The predicted molar refractivity (Wildman–Crippen MR) is 71.9 cm³/mol. The largest absolute Gasteiger partial charge is 0.351 e. The van der Waals surface area contributed by atoms with Crippen molar-refractivity contribution in [2.45, 2.75) is 20.3 Å². The molecule has 98 valence electrons. The Kier molecular flexibility index (Phi) is 6.08. The Morgan fingerprint density at radius 3 is 2.17 bits per heavy atom. The van der Waals surface area contributed by atoms with E-state index in [4.69, 9.17) is 0 Å². The third-order valence-electron chi connectivity index (χ3n) is 2.63. The molecule has 1 amide bonds. The molecule has 4 nitrogen and oxygen atoms in total. The van der Waals surface area contributed by atoms with Crippen molar-refractivity contribution in [3.8, 4) is 0 Å². The summed E-state index contributed by atoms with van der Waals surface area (Å²) in [5.74, 6) is -0.0162.